The Morgan fingerprint density at radius 2 is 2.00 bits per heavy atom. The van der Waals surface area contributed by atoms with Crippen LogP contribution in [0.25, 0.3) is 0 Å². The van der Waals surface area contributed by atoms with Crippen LogP contribution in [-0.2, 0) is 5.41 Å². The molecule has 90 valence electrons. The zero-order chi connectivity index (χ0) is 12.0. The number of halogens is 2. The summed E-state index contributed by atoms with van der Waals surface area (Å²) in [5.41, 5.74) is 1.47. The van der Waals surface area contributed by atoms with E-state index < -0.39 is 0 Å². The Hall–Kier alpha value is -0.0500. The lowest BCUT2D eigenvalue weighted by molar-refractivity contribution is 0.468. The molecule has 1 rings (SSSR count). The number of hydrogen-bond donors (Lipinski definition) is 1. The SMILES string of the molecule is CC(C)(CNCCCCl)c1ccccc1Br. The standard InChI is InChI=1S/C13H19BrClN/c1-13(2,10-16-9-5-8-15)11-6-3-4-7-12(11)14/h3-4,6-7,16H,5,8-10H2,1-2H3. The van der Waals surface area contributed by atoms with Gasteiger partial charge in [-0.05, 0) is 24.6 Å². The predicted molar refractivity (Wildman–Crippen MR) is 75.4 cm³/mol. The second kappa shape index (κ2) is 6.63. The van der Waals surface area contributed by atoms with E-state index in [0.29, 0.717) is 0 Å². The van der Waals surface area contributed by atoms with E-state index in [0.717, 1.165) is 25.4 Å². The van der Waals surface area contributed by atoms with Crippen LogP contribution in [0.1, 0.15) is 25.8 Å². The molecule has 0 fully saturated rings. The minimum atomic E-state index is 0.131. The van der Waals surface area contributed by atoms with Gasteiger partial charge >= 0.3 is 0 Å². The molecule has 0 radical (unpaired) electrons. The molecule has 0 unspecified atom stereocenters. The molecule has 0 aliphatic rings. The number of rotatable bonds is 6. The molecule has 0 bridgehead atoms. The third kappa shape index (κ3) is 4.08. The number of alkyl halides is 1. The van der Waals surface area contributed by atoms with Gasteiger partial charge in [-0.2, -0.15) is 0 Å². The fourth-order valence-electron chi connectivity index (χ4n) is 1.70. The van der Waals surface area contributed by atoms with Gasteiger partial charge in [0.05, 0.1) is 0 Å². The maximum atomic E-state index is 5.65. The molecular weight excluding hydrogens is 286 g/mol. The Morgan fingerprint density at radius 3 is 2.62 bits per heavy atom. The van der Waals surface area contributed by atoms with Gasteiger partial charge < -0.3 is 5.32 Å². The largest absolute Gasteiger partial charge is 0.316 e. The summed E-state index contributed by atoms with van der Waals surface area (Å²) in [5, 5.41) is 3.45. The molecule has 1 N–H and O–H groups in total. The molecule has 0 spiro atoms. The fourth-order valence-corrected chi connectivity index (χ4v) is 2.65. The van der Waals surface area contributed by atoms with Crippen molar-refractivity contribution in [3.63, 3.8) is 0 Å². The minimum Gasteiger partial charge on any atom is -0.316 e. The average Bonchev–Trinajstić information content (AvgIpc) is 2.25. The molecule has 16 heavy (non-hydrogen) atoms. The van der Waals surface area contributed by atoms with E-state index >= 15 is 0 Å². The summed E-state index contributed by atoms with van der Waals surface area (Å²) in [6.45, 7) is 6.45. The molecule has 0 aliphatic heterocycles. The Bertz CT molecular complexity index is 325. The third-order valence-electron chi connectivity index (χ3n) is 2.66. The van der Waals surface area contributed by atoms with E-state index in [2.05, 4.69) is 53.3 Å². The molecule has 1 aromatic rings. The van der Waals surface area contributed by atoms with Gasteiger partial charge in [-0.1, -0.05) is 48.0 Å². The van der Waals surface area contributed by atoms with Crippen molar-refractivity contribution in [2.24, 2.45) is 0 Å². The van der Waals surface area contributed by atoms with Crippen LogP contribution in [0.2, 0.25) is 0 Å². The summed E-state index contributed by atoms with van der Waals surface area (Å²) in [6, 6.07) is 8.40. The second-order valence-electron chi connectivity index (χ2n) is 4.58. The van der Waals surface area contributed by atoms with E-state index in [1.807, 2.05) is 6.07 Å². The van der Waals surface area contributed by atoms with Crippen molar-refractivity contribution in [3.8, 4) is 0 Å². The van der Waals surface area contributed by atoms with E-state index in [1.165, 1.54) is 10.0 Å². The zero-order valence-corrected chi connectivity index (χ0v) is 12.2. The molecule has 0 aromatic heterocycles. The summed E-state index contributed by atoms with van der Waals surface area (Å²) < 4.78 is 1.18. The van der Waals surface area contributed by atoms with Gasteiger partial charge in [0.1, 0.15) is 0 Å². The Balaban J connectivity index is 2.59. The molecule has 0 amide bonds. The quantitative estimate of drug-likeness (QED) is 0.620. The lowest BCUT2D eigenvalue weighted by Gasteiger charge is -2.27. The van der Waals surface area contributed by atoms with Crippen LogP contribution in [0.5, 0.6) is 0 Å². The van der Waals surface area contributed by atoms with Crippen LogP contribution in [0.3, 0.4) is 0 Å². The van der Waals surface area contributed by atoms with Crippen molar-refractivity contribution in [1.82, 2.24) is 5.32 Å². The van der Waals surface area contributed by atoms with Gasteiger partial charge in [0, 0.05) is 22.3 Å². The lowest BCUT2D eigenvalue weighted by atomic mass is 9.84. The molecule has 3 heteroatoms. The molecule has 0 atom stereocenters. The van der Waals surface area contributed by atoms with Crippen LogP contribution >= 0.6 is 27.5 Å². The maximum Gasteiger partial charge on any atom is 0.0235 e. The highest BCUT2D eigenvalue weighted by Crippen LogP contribution is 2.29. The fraction of sp³-hybridized carbons (Fsp3) is 0.538. The highest BCUT2D eigenvalue weighted by Gasteiger charge is 2.21. The molecule has 0 heterocycles. The van der Waals surface area contributed by atoms with Crippen molar-refractivity contribution in [2.75, 3.05) is 19.0 Å². The first-order valence-electron chi connectivity index (χ1n) is 5.59. The first-order chi connectivity index (χ1) is 7.58. The third-order valence-corrected chi connectivity index (χ3v) is 3.62. The van der Waals surface area contributed by atoms with Crippen LogP contribution in [0, 0.1) is 0 Å². The van der Waals surface area contributed by atoms with Crippen LogP contribution in [-0.4, -0.2) is 19.0 Å². The predicted octanol–water partition coefficient (Wildman–Crippen LogP) is 3.95. The Kier molecular flexibility index (Phi) is 5.81. The zero-order valence-electron chi connectivity index (χ0n) is 9.89. The number of hydrogen-bond acceptors (Lipinski definition) is 1. The Morgan fingerprint density at radius 1 is 1.31 bits per heavy atom. The molecular formula is C13H19BrClN. The summed E-state index contributed by atoms with van der Waals surface area (Å²) in [7, 11) is 0. The van der Waals surface area contributed by atoms with Crippen molar-refractivity contribution >= 4 is 27.5 Å². The van der Waals surface area contributed by atoms with Crippen LogP contribution < -0.4 is 5.32 Å². The summed E-state index contributed by atoms with van der Waals surface area (Å²) in [4.78, 5) is 0. The highest BCUT2D eigenvalue weighted by atomic mass is 79.9. The first-order valence-corrected chi connectivity index (χ1v) is 6.92. The summed E-state index contributed by atoms with van der Waals surface area (Å²) >= 11 is 9.25. The van der Waals surface area contributed by atoms with E-state index in [4.69, 9.17) is 11.6 Å². The van der Waals surface area contributed by atoms with Crippen LogP contribution in [0.15, 0.2) is 28.7 Å². The van der Waals surface area contributed by atoms with Crippen molar-refractivity contribution in [3.05, 3.63) is 34.3 Å². The van der Waals surface area contributed by atoms with Gasteiger partial charge in [0.15, 0.2) is 0 Å². The monoisotopic (exact) mass is 303 g/mol. The maximum absolute atomic E-state index is 5.65. The average molecular weight is 305 g/mol. The minimum absolute atomic E-state index is 0.131. The van der Waals surface area contributed by atoms with Gasteiger partial charge in [-0.3, -0.25) is 0 Å². The number of benzene rings is 1. The van der Waals surface area contributed by atoms with Gasteiger partial charge in [0.2, 0.25) is 0 Å². The van der Waals surface area contributed by atoms with Gasteiger partial charge in [0.25, 0.3) is 0 Å². The van der Waals surface area contributed by atoms with Gasteiger partial charge in [-0.25, -0.2) is 0 Å². The molecule has 0 saturated heterocycles. The topological polar surface area (TPSA) is 12.0 Å². The molecule has 0 aliphatic carbocycles. The molecule has 1 aromatic carbocycles. The molecule has 0 saturated carbocycles. The first kappa shape index (κ1) is 14.0. The highest BCUT2D eigenvalue weighted by molar-refractivity contribution is 9.10. The Labute approximate surface area is 112 Å². The smallest absolute Gasteiger partial charge is 0.0235 e. The van der Waals surface area contributed by atoms with Crippen molar-refractivity contribution in [2.45, 2.75) is 25.7 Å². The van der Waals surface area contributed by atoms with Crippen LogP contribution in [0.4, 0.5) is 0 Å². The van der Waals surface area contributed by atoms with Crippen molar-refractivity contribution < 1.29 is 0 Å². The van der Waals surface area contributed by atoms with Crippen molar-refractivity contribution in [1.29, 1.82) is 0 Å². The normalized spacial score (nSPS) is 11.8. The second-order valence-corrected chi connectivity index (χ2v) is 5.82. The summed E-state index contributed by atoms with van der Waals surface area (Å²) in [6.07, 6.45) is 1.02. The lowest BCUT2D eigenvalue weighted by Crippen LogP contribution is -2.33. The van der Waals surface area contributed by atoms with E-state index in [9.17, 15) is 0 Å². The van der Waals surface area contributed by atoms with E-state index in [-0.39, 0.29) is 5.41 Å². The number of nitrogens with one attached hydrogen (secondary N) is 1. The van der Waals surface area contributed by atoms with Gasteiger partial charge in [-0.15, -0.1) is 11.6 Å². The summed E-state index contributed by atoms with van der Waals surface area (Å²) in [5.74, 6) is 0.725. The molecule has 1 nitrogen and oxygen atoms in total. The van der Waals surface area contributed by atoms with E-state index in [1.54, 1.807) is 0 Å².